The fraction of sp³-hybridized carbons (Fsp3) is 1.00. The number of hydrogen-bond donors (Lipinski definition) is 2. The molecule has 0 aromatic heterocycles. The average Bonchev–Trinajstić information content (AvgIpc) is 1.98. The van der Waals surface area contributed by atoms with Crippen molar-refractivity contribution in [2.75, 3.05) is 6.61 Å². The van der Waals surface area contributed by atoms with Crippen molar-refractivity contribution in [2.24, 2.45) is 0 Å². The fourth-order valence-corrected chi connectivity index (χ4v) is 1.68. The van der Waals surface area contributed by atoms with Gasteiger partial charge in [-0.25, -0.2) is 13.1 Å². The van der Waals surface area contributed by atoms with E-state index in [4.69, 9.17) is 5.11 Å². The summed E-state index contributed by atoms with van der Waals surface area (Å²) < 4.78 is 24.7. The van der Waals surface area contributed by atoms with E-state index in [9.17, 15) is 8.42 Å². The summed E-state index contributed by atoms with van der Waals surface area (Å²) in [4.78, 5) is 0. The van der Waals surface area contributed by atoms with Crippen LogP contribution in [0.15, 0.2) is 0 Å². The topological polar surface area (TPSA) is 66.4 Å². The summed E-state index contributed by atoms with van der Waals surface area (Å²) in [6, 6.07) is -0.371. The minimum atomic E-state index is -3.33. The smallest absolute Gasteiger partial charge is 0.216 e. The van der Waals surface area contributed by atoms with E-state index in [0.29, 0.717) is 6.42 Å². The minimum Gasteiger partial charge on any atom is -0.395 e. The van der Waals surface area contributed by atoms with Crippen molar-refractivity contribution in [1.82, 2.24) is 4.72 Å². The first-order chi connectivity index (χ1) is 5.74. The van der Waals surface area contributed by atoms with Crippen LogP contribution >= 0.6 is 0 Å². The largest absolute Gasteiger partial charge is 0.395 e. The summed E-state index contributed by atoms with van der Waals surface area (Å²) in [6.45, 7) is 6.54. The van der Waals surface area contributed by atoms with Crippen LogP contribution in [0.2, 0.25) is 0 Å². The van der Waals surface area contributed by atoms with Crippen molar-refractivity contribution < 1.29 is 13.5 Å². The Bertz CT molecular complexity index is 237. The normalized spacial score (nSPS) is 15.8. The summed E-state index contributed by atoms with van der Waals surface area (Å²) >= 11 is 0. The van der Waals surface area contributed by atoms with Gasteiger partial charge in [-0.05, 0) is 27.2 Å². The van der Waals surface area contributed by atoms with Crippen molar-refractivity contribution in [3.8, 4) is 0 Å². The maximum absolute atomic E-state index is 11.6. The van der Waals surface area contributed by atoms with Crippen molar-refractivity contribution in [3.63, 3.8) is 0 Å². The molecule has 0 bridgehead atoms. The summed E-state index contributed by atoms with van der Waals surface area (Å²) in [6.07, 6.45) is 0.589. The summed E-state index contributed by atoms with van der Waals surface area (Å²) in [5, 5.41) is 8.83. The Balaban J connectivity index is 4.52. The average molecular weight is 209 g/mol. The molecule has 0 aliphatic heterocycles. The molecule has 0 aromatic rings. The highest BCUT2D eigenvalue weighted by Crippen LogP contribution is 2.14. The second-order valence-corrected chi connectivity index (χ2v) is 6.49. The molecule has 0 aliphatic rings. The first kappa shape index (κ1) is 12.9. The Hall–Kier alpha value is -0.130. The molecule has 0 rings (SSSR count). The van der Waals surface area contributed by atoms with Crippen LogP contribution in [0.25, 0.3) is 0 Å². The number of aliphatic hydroxyl groups is 1. The molecule has 0 fully saturated rings. The summed E-state index contributed by atoms with van der Waals surface area (Å²) in [5.41, 5.74) is 0. The zero-order valence-corrected chi connectivity index (χ0v) is 9.48. The van der Waals surface area contributed by atoms with Crippen LogP contribution in [0, 0.1) is 0 Å². The van der Waals surface area contributed by atoms with Gasteiger partial charge in [0.25, 0.3) is 0 Å². The number of nitrogens with one attached hydrogen (secondary N) is 1. The first-order valence-electron chi connectivity index (χ1n) is 4.37. The van der Waals surface area contributed by atoms with Crippen molar-refractivity contribution in [2.45, 2.75) is 44.9 Å². The van der Waals surface area contributed by atoms with Crippen LogP contribution in [0.3, 0.4) is 0 Å². The lowest BCUT2D eigenvalue weighted by Crippen LogP contribution is -2.45. The van der Waals surface area contributed by atoms with Crippen LogP contribution in [-0.4, -0.2) is 30.9 Å². The predicted octanol–water partition coefficient (Wildman–Crippen LogP) is 0.475. The highest BCUT2D eigenvalue weighted by Gasteiger charge is 2.30. The molecule has 2 N–H and O–H groups in total. The van der Waals surface area contributed by atoms with Crippen LogP contribution < -0.4 is 4.72 Å². The van der Waals surface area contributed by atoms with Crippen LogP contribution in [-0.2, 0) is 10.0 Å². The van der Waals surface area contributed by atoms with E-state index in [0.717, 1.165) is 0 Å². The van der Waals surface area contributed by atoms with E-state index >= 15 is 0 Å². The molecule has 0 amide bonds. The van der Waals surface area contributed by atoms with Gasteiger partial charge in [-0.2, -0.15) is 0 Å². The molecule has 4 nitrogen and oxygen atoms in total. The maximum Gasteiger partial charge on any atom is 0.216 e. The lowest BCUT2D eigenvalue weighted by molar-refractivity contribution is 0.253. The fourth-order valence-electron chi connectivity index (χ4n) is 0.646. The molecule has 13 heavy (non-hydrogen) atoms. The zero-order chi connectivity index (χ0) is 10.7. The van der Waals surface area contributed by atoms with E-state index < -0.39 is 14.8 Å². The first-order valence-corrected chi connectivity index (χ1v) is 5.85. The molecule has 1 atom stereocenters. The minimum absolute atomic E-state index is 0.161. The lowest BCUT2D eigenvalue weighted by Gasteiger charge is -2.23. The Morgan fingerprint density at radius 3 is 2.08 bits per heavy atom. The Labute approximate surface area is 80.4 Å². The maximum atomic E-state index is 11.6. The molecule has 0 radical (unpaired) electrons. The Morgan fingerprint density at radius 1 is 1.38 bits per heavy atom. The third-order valence-electron chi connectivity index (χ3n) is 1.84. The van der Waals surface area contributed by atoms with E-state index in [1.165, 1.54) is 0 Å². The molecule has 0 heterocycles. The second-order valence-electron chi connectivity index (χ2n) is 4.02. The van der Waals surface area contributed by atoms with Gasteiger partial charge >= 0.3 is 0 Å². The quantitative estimate of drug-likeness (QED) is 0.707. The molecule has 80 valence electrons. The number of hydrogen-bond acceptors (Lipinski definition) is 3. The predicted molar refractivity (Wildman–Crippen MR) is 53.0 cm³/mol. The van der Waals surface area contributed by atoms with E-state index in [2.05, 4.69) is 4.72 Å². The Morgan fingerprint density at radius 2 is 1.85 bits per heavy atom. The van der Waals surface area contributed by atoms with Gasteiger partial charge in [-0.1, -0.05) is 6.92 Å². The molecule has 0 unspecified atom stereocenters. The van der Waals surface area contributed by atoms with Crippen molar-refractivity contribution in [1.29, 1.82) is 0 Å². The molecule has 5 heteroatoms. The summed E-state index contributed by atoms with van der Waals surface area (Å²) in [5.74, 6) is 0. The molecular weight excluding hydrogens is 190 g/mol. The van der Waals surface area contributed by atoms with Gasteiger partial charge in [-0.15, -0.1) is 0 Å². The molecule has 0 saturated carbocycles. The Kier molecular flexibility index (Phi) is 4.35. The highest BCUT2D eigenvalue weighted by atomic mass is 32.2. The van der Waals surface area contributed by atoms with Gasteiger partial charge in [0, 0.05) is 6.04 Å². The molecule has 0 aliphatic carbocycles. The standard InChI is InChI=1S/C8H19NO3S/c1-5-7(6-10)9-13(11,12)8(2,3)4/h7,9-10H,5-6H2,1-4H3/t7-/m0/s1. The molecule has 0 spiro atoms. The van der Waals surface area contributed by atoms with Gasteiger partial charge in [0.1, 0.15) is 0 Å². The number of rotatable bonds is 4. The van der Waals surface area contributed by atoms with E-state index in [1.54, 1.807) is 20.8 Å². The SMILES string of the molecule is CC[C@@H](CO)NS(=O)(=O)C(C)(C)C. The van der Waals surface area contributed by atoms with Gasteiger partial charge in [-0.3, -0.25) is 0 Å². The highest BCUT2D eigenvalue weighted by molar-refractivity contribution is 7.90. The van der Waals surface area contributed by atoms with E-state index in [1.807, 2.05) is 6.92 Å². The lowest BCUT2D eigenvalue weighted by atomic mass is 10.3. The monoisotopic (exact) mass is 209 g/mol. The third kappa shape index (κ3) is 3.62. The summed E-state index contributed by atoms with van der Waals surface area (Å²) in [7, 11) is -3.33. The second kappa shape index (κ2) is 4.39. The van der Waals surface area contributed by atoms with Gasteiger partial charge in [0.2, 0.25) is 10.0 Å². The molecule has 0 aromatic carbocycles. The van der Waals surface area contributed by atoms with Crippen LogP contribution in [0.4, 0.5) is 0 Å². The van der Waals surface area contributed by atoms with Crippen molar-refractivity contribution in [3.05, 3.63) is 0 Å². The van der Waals surface area contributed by atoms with Crippen LogP contribution in [0.5, 0.6) is 0 Å². The van der Waals surface area contributed by atoms with E-state index in [-0.39, 0.29) is 12.6 Å². The number of sulfonamides is 1. The number of aliphatic hydroxyl groups excluding tert-OH is 1. The van der Waals surface area contributed by atoms with Gasteiger partial charge in [0.05, 0.1) is 11.4 Å². The zero-order valence-electron chi connectivity index (χ0n) is 8.66. The van der Waals surface area contributed by atoms with Gasteiger partial charge in [0.15, 0.2) is 0 Å². The molecular formula is C8H19NO3S. The van der Waals surface area contributed by atoms with Gasteiger partial charge < -0.3 is 5.11 Å². The molecule has 0 saturated heterocycles. The van der Waals surface area contributed by atoms with Crippen molar-refractivity contribution >= 4 is 10.0 Å². The van der Waals surface area contributed by atoms with Crippen LogP contribution in [0.1, 0.15) is 34.1 Å². The third-order valence-corrected chi connectivity index (χ3v) is 4.10.